The van der Waals surface area contributed by atoms with Gasteiger partial charge >= 0.3 is 0 Å². The first-order valence-electron chi connectivity index (χ1n) is 8.06. The smallest absolute Gasteiger partial charge is 0.227 e. The molecule has 120 valence electrons. The number of benzene rings is 1. The Hall–Kier alpha value is -1.07. The van der Waals surface area contributed by atoms with Crippen molar-refractivity contribution in [2.24, 2.45) is 5.92 Å². The van der Waals surface area contributed by atoms with E-state index in [0.717, 1.165) is 62.6 Å². The predicted molar refractivity (Wildman–Crippen MR) is 88.3 cm³/mol. The maximum Gasteiger partial charge on any atom is 0.227 e. The molecule has 22 heavy (non-hydrogen) atoms. The molecule has 1 atom stereocenters. The molecule has 2 aliphatic heterocycles. The van der Waals surface area contributed by atoms with Gasteiger partial charge in [-0.25, -0.2) is 4.39 Å². The maximum absolute atomic E-state index is 13.3. The third-order valence-corrected chi connectivity index (χ3v) is 5.42. The molecule has 2 fully saturated rings. The number of carbonyl (C=O) groups excluding carboxylic acids is 1. The van der Waals surface area contributed by atoms with Crippen LogP contribution in [-0.4, -0.2) is 53.4 Å². The van der Waals surface area contributed by atoms with Crippen molar-refractivity contribution in [1.82, 2.24) is 9.80 Å². The minimum atomic E-state index is -0.187. The second kappa shape index (κ2) is 7.47. The van der Waals surface area contributed by atoms with Crippen LogP contribution in [0.25, 0.3) is 0 Å². The van der Waals surface area contributed by atoms with Gasteiger partial charge in [0.15, 0.2) is 0 Å². The minimum Gasteiger partial charge on any atom is -0.341 e. The zero-order valence-electron chi connectivity index (χ0n) is 12.8. The summed E-state index contributed by atoms with van der Waals surface area (Å²) in [5, 5.41) is 0. The molecule has 0 radical (unpaired) electrons. The first kappa shape index (κ1) is 15.8. The first-order valence-corrected chi connectivity index (χ1v) is 9.21. The molecule has 0 aliphatic carbocycles. The van der Waals surface area contributed by atoms with Gasteiger partial charge in [0, 0.05) is 37.7 Å². The fourth-order valence-electron chi connectivity index (χ4n) is 3.34. The van der Waals surface area contributed by atoms with Crippen molar-refractivity contribution < 1.29 is 9.18 Å². The summed E-state index contributed by atoms with van der Waals surface area (Å²) in [5.74, 6) is 2.37. The van der Waals surface area contributed by atoms with Gasteiger partial charge in [0.25, 0.3) is 0 Å². The Morgan fingerprint density at radius 3 is 2.86 bits per heavy atom. The van der Waals surface area contributed by atoms with E-state index in [2.05, 4.69) is 4.90 Å². The van der Waals surface area contributed by atoms with Crippen molar-refractivity contribution in [3.8, 4) is 0 Å². The van der Waals surface area contributed by atoms with Gasteiger partial charge in [-0.05, 0) is 37.1 Å². The number of carbonyl (C=O) groups is 1. The molecule has 1 amide bonds. The molecule has 0 N–H and O–H groups in total. The highest BCUT2D eigenvalue weighted by atomic mass is 32.2. The number of piperidine rings is 1. The molecule has 2 heterocycles. The summed E-state index contributed by atoms with van der Waals surface area (Å²) in [4.78, 5) is 17.0. The molecule has 1 aromatic carbocycles. The van der Waals surface area contributed by atoms with E-state index < -0.39 is 0 Å². The Bertz CT molecular complexity index is 519. The van der Waals surface area contributed by atoms with Crippen LogP contribution in [0.2, 0.25) is 0 Å². The van der Waals surface area contributed by atoms with Crippen LogP contribution in [0.1, 0.15) is 18.4 Å². The van der Waals surface area contributed by atoms with Crippen LogP contribution in [0, 0.1) is 11.7 Å². The second-order valence-electron chi connectivity index (χ2n) is 6.14. The van der Waals surface area contributed by atoms with Crippen LogP contribution in [-0.2, 0) is 11.3 Å². The van der Waals surface area contributed by atoms with E-state index in [9.17, 15) is 9.18 Å². The molecular weight excluding hydrogens is 299 g/mol. The van der Waals surface area contributed by atoms with Gasteiger partial charge in [-0.1, -0.05) is 12.1 Å². The van der Waals surface area contributed by atoms with Crippen molar-refractivity contribution in [2.45, 2.75) is 19.4 Å². The van der Waals surface area contributed by atoms with Crippen LogP contribution >= 0.6 is 11.8 Å². The molecular formula is C17H23FN2OS. The zero-order valence-corrected chi connectivity index (χ0v) is 13.7. The third-order valence-electron chi connectivity index (χ3n) is 4.47. The monoisotopic (exact) mass is 322 g/mol. The highest BCUT2D eigenvalue weighted by Crippen LogP contribution is 2.22. The number of nitrogens with zero attached hydrogens (tertiary/aromatic N) is 2. The number of halogens is 1. The van der Waals surface area contributed by atoms with Gasteiger partial charge in [-0.15, -0.1) is 0 Å². The SMILES string of the molecule is O=C(C1CCCN(Cc2cccc(F)c2)C1)N1CCSCC1. The number of thioether (sulfide) groups is 1. The fraction of sp³-hybridized carbons (Fsp3) is 0.588. The topological polar surface area (TPSA) is 23.6 Å². The summed E-state index contributed by atoms with van der Waals surface area (Å²) in [5.41, 5.74) is 0.988. The number of likely N-dealkylation sites (tertiary alicyclic amines) is 1. The summed E-state index contributed by atoms with van der Waals surface area (Å²) < 4.78 is 13.3. The Kier molecular flexibility index (Phi) is 5.37. The predicted octanol–water partition coefficient (Wildman–Crippen LogP) is 2.61. The van der Waals surface area contributed by atoms with Crippen LogP contribution in [0.15, 0.2) is 24.3 Å². The van der Waals surface area contributed by atoms with E-state index in [1.807, 2.05) is 22.7 Å². The quantitative estimate of drug-likeness (QED) is 0.855. The lowest BCUT2D eigenvalue weighted by molar-refractivity contribution is -0.137. The summed E-state index contributed by atoms with van der Waals surface area (Å²) >= 11 is 1.93. The molecule has 3 rings (SSSR count). The number of hydrogen-bond donors (Lipinski definition) is 0. The highest BCUT2D eigenvalue weighted by Gasteiger charge is 2.29. The largest absolute Gasteiger partial charge is 0.341 e. The van der Waals surface area contributed by atoms with E-state index in [4.69, 9.17) is 0 Å². The standard InChI is InChI=1S/C17H23FN2OS/c18-16-5-1-3-14(11-16)12-19-6-2-4-15(13-19)17(21)20-7-9-22-10-8-20/h1,3,5,11,15H,2,4,6-10,12-13H2. The van der Waals surface area contributed by atoms with Gasteiger partial charge in [0.2, 0.25) is 5.91 Å². The second-order valence-corrected chi connectivity index (χ2v) is 7.37. The summed E-state index contributed by atoms with van der Waals surface area (Å²) in [6, 6.07) is 6.77. The fourth-order valence-corrected chi connectivity index (χ4v) is 4.24. The van der Waals surface area contributed by atoms with Crippen molar-refractivity contribution in [2.75, 3.05) is 37.7 Å². The van der Waals surface area contributed by atoms with Gasteiger partial charge in [-0.2, -0.15) is 11.8 Å². The molecule has 0 bridgehead atoms. The minimum absolute atomic E-state index is 0.116. The highest BCUT2D eigenvalue weighted by molar-refractivity contribution is 7.99. The van der Waals surface area contributed by atoms with Crippen molar-refractivity contribution in [3.05, 3.63) is 35.6 Å². The summed E-state index contributed by atoms with van der Waals surface area (Å²) in [7, 11) is 0. The van der Waals surface area contributed by atoms with Crippen LogP contribution in [0.3, 0.4) is 0 Å². The normalized spacial score (nSPS) is 23.5. The number of rotatable bonds is 3. The first-order chi connectivity index (χ1) is 10.7. The van der Waals surface area contributed by atoms with Gasteiger partial charge in [0.1, 0.15) is 5.82 Å². The molecule has 5 heteroatoms. The van der Waals surface area contributed by atoms with Gasteiger partial charge in [-0.3, -0.25) is 9.69 Å². The lowest BCUT2D eigenvalue weighted by atomic mass is 9.96. The Morgan fingerprint density at radius 2 is 2.09 bits per heavy atom. The Labute approximate surface area is 135 Å². The Morgan fingerprint density at radius 1 is 1.27 bits per heavy atom. The summed E-state index contributed by atoms with van der Waals surface area (Å²) in [6.45, 7) is 4.32. The average Bonchev–Trinajstić information content (AvgIpc) is 2.55. The van der Waals surface area contributed by atoms with Gasteiger partial charge in [0.05, 0.1) is 5.92 Å². The van der Waals surface area contributed by atoms with Crippen LogP contribution in [0.4, 0.5) is 4.39 Å². The lowest BCUT2D eigenvalue weighted by Gasteiger charge is -2.36. The number of amides is 1. The molecule has 2 saturated heterocycles. The Balaban J connectivity index is 1.57. The van der Waals surface area contributed by atoms with E-state index in [1.54, 1.807) is 12.1 Å². The molecule has 3 nitrogen and oxygen atoms in total. The van der Waals surface area contributed by atoms with Crippen molar-refractivity contribution in [3.63, 3.8) is 0 Å². The molecule has 0 spiro atoms. The lowest BCUT2D eigenvalue weighted by Crippen LogP contribution is -2.47. The number of hydrogen-bond acceptors (Lipinski definition) is 3. The van der Waals surface area contributed by atoms with E-state index in [-0.39, 0.29) is 11.7 Å². The van der Waals surface area contributed by atoms with E-state index in [0.29, 0.717) is 5.91 Å². The van der Waals surface area contributed by atoms with Crippen LogP contribution in [0.5, 0.6) is 0 Å². The van der Waals surface area contributed by atoms with E-state index in [1.165, 1.54) is 6.07 Å². The van der Waals surface area contributed by atoms with E-state index >= 15 is 0 Å². The molecule has 0 saturated carbocycles. The molecule has 0 aromatic heterocycles. The molecule has 1 unspecified atom stereocenters. The van der Waals surface area contributed by atoms with Crippen LogP contribution < -0.4 is 0 Å². The maximum atomic E-state index is 13.3. The summed E-state index contributed by atoms with van der Waals surface area (Å²) in [6.07, 6.45) is 2.04. The van der Waals surface area contributed by atoms with Crippen molar-refractivity contribution >= 4 is 17.7 Å². The molecule has 2 aliphatic rings. The third kappa shape index (κ3) is 4.02. The van der Waals surface area contributed by atoms with Crippen molar-refractivity contribution in [1.29, 1.82) is 0 Å². The zero-order chi connectivity index (χ0) is 15.4. The molecule has 1 aromatic rings. The average molecular weight is 322 g/mol. The van der Waals surface area contributed by atoms with Gasteiger partial charge < -0.3 is 4.90 Å².